The van der Waals surface area contributed by atoms with Gasteiger partial charge in [-0.2, -0.15) is 13.8 Å². The van der Waals surface area contributed by atoms with E-state index < -0.39 is 0 Å². The molecule has 6 heteroatoms. The van der Waals surface area contributed by atoms with Crippen LogP contribution >= 0.6 is 23.3 Å². The molecule has 14 heavy (non-hydrogen) atoms. The van der Waals surface area contributed by atoms with Crippen molar-refractivity contribution in [2.45, 2.75) is 19.9 Å². The smallest absolute Gasteiger partial charge is 0.172 e. The maximum Gasteiger partial charge on any atom is 0.172 e. The van der Waals surface area contributed by atoms with Gasteiger partial charge in [0.1, 0.15) is 5.69 Å². The van der Waals surface area contributed by atoms with E-state index in [0.29, 0.717) is 5.15 Å². The van der Waals surface area contributed by atoms with Crippen molar-refractivity contribution in [1.82, 2.24) is 18.5 Å². The predicted molar refractivity (Wildman–Crippen MR) is 56.4 cm³/mol. The number of hydrogen-bond acceptors (Lipinski definition) is 4. The zero-order valence-electron chi connectivity index (χ0n) is 7.64. The Labute approximate surface area is 90.9 Å². The highest BCUT2D eigenvalue weighted by Crippen LogP contribution is 2.25. The largest absolute Gasteiger partial charge is 0.263 e. The van der Waals surface area contributed by atoms with Crippen molar-refractivity contribution in [2.75, 3.05) is 0 Å². The van der Waals surface area contributed by atoms with Crippen molar-refractivity contribution < 1.29 is 0 Å². The van der Waals surface area contributed by atoms with E-state index in [0.717, 1.165) is 36.1 Å². The van der Waals surface area contributed by atoms with Gasteiger partial charge in [-0.15, -0.1) is 0 Å². The summed E-state index contributed by atoms with van der Waals surface area (Å²) in [5.74, 6) is 0. The number of nitrogens with zero attached hydrogens (tertiary/aromatic N) is 4. The molecule has 0 N–H and O–H groups in total. The van der Waals surface area contributed by atoms with Crippen LogP contribution in [0.1, 0.15) is 13.3 Å². The van der Waals surface area contributed by atoms with Crippen molar-refractivity contribution in [2.24, 2.45) is 0 Å². The van der Waals surface area contributed by atoms with Crippen LogP contribution in [0.3, 0.4) is 0 Å². The summed E-state index contributed by atoms with van der Waals surface area (Å²) in [6.45, 7) is 2.97. The first-order chi connectivity index (χ1) is 6.83. The van der Waals surface area contributed by atoms with Crippen LogP contribution in [-0.4, -0.2) is 18.5 Å². The van der Waals surface area contributed by atoms with Gasteiger partial charge in [0.25, 0.3) is 0 Å². The topological polar surface area (TPSA) is 43.6 Å². The molecule has 0 aliphatic rings. The Morgan fingerprint density at radius 2 is 2.36 bits per heavy atom. The maximum atomic E-state index is 5.90. The summed E-state index contributed by atoms with van der Waals surface area (Å²) in [6, 6.07) is 1.90. The normalized spacial score (nSPS) is 10.7. The van der Waals surface area contributed by atoms with Crippen molar-refractivity contribution in [3.05, 3.63) is 17.4 Å². The average molecular weight is 229 g/mol. The summed E-state index contributed by atoms with van der Waals surface area (Å²) in [5.41, 5.74) is 1.66. The Morgan fingerprint density at radius 3 is 3.00 bits per heavy atom. The molecule has 0 radical (unpaired) electrons. The Kier molecular flexibility index (Phi) is 2.79. The Bertz CT molecular complexity index is 422. The fraction of sp³-hybridized carbons (Fsp3) is 0.375. The van der Waals surface area contributed by atoms with Crippen LogP contribution in [0.15, 0.2) is 12.3 Å². The molecule has 0 unspecified atom stereocenters. The SMILES string of the molecule is CCCn1nccc1-c1nsnc1Cl. The Morgan fingerprint density at radius 1 is 1.50 bits per heavy atom. The van der Waals surface area contributed by atoms with Crippen LogP contribution in [0.25, 0.3) is 11.4 Å². The summed E-state index contributed by atoms with van der Waals surface area (Å²) in [7, 11) is 0. The van der Waals surface area contributed by atoms with E-state index in [-0.39, 0.29) is 0 Å². The van der Waals surface area contributed by atoms with Gasteiger partial charge in [-0.1, -0.05) is 18.5 Å². The van der Waals surface area contributed by atoms with Crippen LogP contribution in [-0.2, 0) is 6.54 Å². The highest BCUT2D eigenvalue weighted by atomic mass is 35.5. The molecule has 0 aliphatic heterocycles. The van der Waals surface area contributed by atoms with Gasteiger partial charge in [0, 0.05) is 12.7 Å². The fourth-order valence-corrected chi connectivity index (χ4v) is 2.00. The minimum atomic E-state index is 0.452. The summed E-state index contributed by atoms with van der Waals surface area (Å²) >= 11 is 7.02. The van der Waals surface area contributed by atoms with Crippen LogP contribution in [0.4, 0.5) is 0 Å². The van der Waals surface area contributed by atoms with Gasteiger partial charge in [-0.3, -0.25) is 4.68 Å². The van der Waals surface area contributed by atoms with E-state index in [1.54, 1.807) is 6.20 Å². The number of halogens is 1. The number of aryl methyl sites for hydroxylation is 1. The van der Waals surface area contributed by atoms with Gasteiger partial charge in [0.15, 0.2) is 5.15 Å². The van der Waals surface area contributed by atoms with E-state index in [2.05, 4.69) is 20.8 Å². The predicted octanol–water partition coefficient (Wildman–Crippen LogP) is 2.47. The molecule has 0 aliphatic carbocycles. The second kappa shape index (κ2) is 4.06. The van der Waals surface area contributed by atoms with E-state index in [1.165, 1.54) is 0 Å². The van der Waals surface area contributed by atoms with Gasteiger partial charge in [0.2, 0.25) is 0 Å². The van der Waals surface area contributed by atoms with Crippen LogP contribution in [0.2, 0.25) is 5.15 Å². The molecule has 0 aromatic carbocycles. The molecule has 74 valence electrons. The Hall–Kier alpha value is -0.940. The number of hydrogen-bond donors (Lipinski definition) is 0. The number of rotatable bonds is 3. The molecule has 2 heterocycles. The van der Waals surface area contributed by atoms with Crippen LogP contribution in [0, 0.1) is 0 Å². The van der Waals surface area contributed by atoms with E-state index in [1.807, 2.05) is 10.7 Å². The van der Waals surface area contributed by atoms with Crippen molar-refractivity contribution in [3.63, 3.8) is 0 Å². The third-order valence-corrected chi connectivity index (χ3v) is 2.74. The van der Waals surface area contributed by atoms with Crippen LogP contribution < -0.4 is 0 Å². The summed E-state index contributed by atoms with van der Waals surface area (Å²) in [6.07, 6.45) is 2.78. The molecule has 0 bridgehead atoms. The maximum absolute atomic E-state index is 5.90. The zero-order valence-corrected chi connectivity index (χ0v) is 9.22. The lowest BCUT2D eigenvalue weighted by atomic mass is 10.3. The fourth-order valence-electron chi connectivity index (χ4n) is 1.25. The summed E-state index contributed by atoms with van der Waals surface area (Å²) in [4.78, 5) is 0. The molecule has 4 nitrogen and oxygen atoms in total. The first-order valence-corrected chi connectivity index (χ1v) is 5.44. The Balaban J connectivity index is 2.41. The lowest BCUT2D eigenvalue weighted by molar-refractivity contribution is 0.608. The van der Waals surface area contributed by atoms with Gasteiger partial charge in [-0.25, -0.2) is 0 Å². The molecule has 0 fully saturated rings. The standard InChI is InChI=1S/C8H9ClN4S/c1-2-5-13-6(3-4-10-13)7-8(9)12-14-11-7/h3-4H,2,5H2,1H3. The van der Waals surface area contributed by atoms with Crippen LogP contribution in [0.5, 0.6) is 0 Å². The molecule has 0 saturated heterocycles. The van der Waals surface area contributed by atoms with Gasteiger partial charge in [-0.05, 0) is 12.5 Å². The second-order valence-corrected chi connectivity index (χ2v) is 3.73. The molecule has 0 spiro atoms. The van der Waals surface area contributed by atoms with E-state index in [9.17, 15) is 0 Å². The van der Waals surface area contributed by atoms with Gasteiger partial charge >= 0.3 is 0 Å². The second-order valence-electron chi connectivity index (χ2n) is 2.84. The third kappa shape index (κ3) is 1.65. The summed E-state index contributed by atoms with van der Waals surface area (Å²) in [5, 5.41) is 4.65. The first kappa shape index (κ1) is 9.61. The highest BCUT2D eigenvalue weighted by molar-refractivity contribution is 6.99. The first-order valence-electron chi connectivity index (χ1n) is 4.33. The van der Waals surface area contributed by atoms with Gasteiger partial charge < -0.3 is 0 Å². The molecular weight excluding hydrogens is 220 g/mol. The molecular formula is C8H9ClN4S. The lowest BCUT2D eigenvalue weighted by Crippen LogP contribution is -2.01. The zero-order chi connectivity index (χ0) is 9.97. The molecule has 0 saturated carbocycles. The molecule has 2 rings (SSSR count). The van der Waals surface area contributed by atoms with Crippen molar-refractivity contribution >= 4 is 23.3 Å². The summed E-state index contributed by atoms with van der Waals surface area (Å²) < 4.78 is 9.96. The average Bonchev–Trinajstić information content (AvgIpc) is 2.74. The van der Waals surface area contributed by atoms with Gasteiger partial charge in [0.05, 0.1) is 17.4 Å². The molecule has 2 aromatic rings. The highest BCUT2D eigenvalue weighted by Gasteiger charge is 2.12. The monoisotopic (exact) mass is 228 g/mol. The minimum Gasteiger partial charge on any atom is -0.263 e. The minimum absolute atomic E-state index is 0.452. The lowest BCUT2D eigenvalue weighted by Gasteiger charge is -2.02. The van der Waals surface area contributed by atoms with E-state index in [4.69, 9.17) is 11.6 Å². The van der Waals surface area contributed by atoms with Crippen molar-refractivity contribution in [3.8, 4) is 11.4 Å². The quantitative estimate of drug-likeness (QED) is 0.811. The van der Waals surface area contributed by atoms with Crippen molar-refractivity contribution in [1.29, 1.82) is 0 Å². The molecule has 0 amide bonds. The molecule has 0 atom stereocenters. The number of aromatic nitrogens is 4. The molecule has 2 aromatic heterocycles. The van der Waals surface area contributed by atoms with E-state index >= 15 is 0 Å². The third-order valence-electron chi connectivity index (χ3n) is 1.84.